The van der Waals surface area contributed by atoms with Crippen LogP contribution in [0.25, 0.3) is 0 Å². The molecule has 1 aromatic rings. The number of piperazine rings is 1. The van der Waals surface area contributed by atoms with Crippen molar-refractivity contribution in [3.8, 4) is 0 Å². The second kappa shape index (κ2) is 10.4. The van der Waals surface area contributed by atoms with Gasteiger partial charge < -0.3 is 14.5 Å². The molecule has 0 unspecified atom stereocenters. The molecule has 3 heterocycles. The van der Waals surface area contributed by atoms with E-state index in [1.807, 2.05) is 22.0 Å². The zero-order valence-corrected chi connectivity index (χ0v) is 17.8. The number of piperidine rings is 1. The predicted octanol–water partition coefficient (Wildman–Crippen LogP) is 0.769. The lowest BCUT2D eigenvalue weighted by Crippen LogP contribution is -2.54. The van der Waals surface area contributed by atoms with Crippen molar-refractivity contribution in [3.05, 3.63) is 24.5 Å². The smallest absolute Gasteiger partial charge is 0.307 e. The van der Waals surface area contributed by atoms with Crippen molar-refractivity contribution in [1.82, 2.24) is 19.9 Å². The fraction of sp³-hybridized carbons (Fsp3) is 0.619. The van der Waals surface area contributed by atoms with Crippen LogP contribution in [0.5, 0.6) is 0 Å². The van der Waals surface area contributed by atoms with E-state index < -0.39 is 0 Å². The molecule has 0 saturated carbocycles. The Balaban J connectivity index is 1.47. The minimum absolute atomic E-state index is 0.0110. The lowest BCUT2D eigenvalue weighted by Gasteiger charge is -2.41. The molecular weight excluding hydrogens is 386 g/mol. The molecule has 2 aliphatic rings. The number of anilines is 1. The van der Waals surface area contributed by atoms with Crippen LogP contribution < -0.4 is 4.90 Å². The zero-order valence-electron chi connectivity index (χ0n) is 17.8. The number of ether oxygens (including phenoxy) is 1. The second-order valence-corrected chi connectivity index (χ2v) is 7.71. The molecule has 3 rings (SSSR count). The monoisotopic (exact) mass is 417 g/mol. The minimum Gasteiger partial charge on any atom is -0.469 e. The van der Waals surface area contributed by atoms with E-state index in [4.69, 9.17) is 0 Å². The summed E-state index contributed by atoms with van der Waals surface area (Å²) in [6.07, 6.45) is 5.17. The number of esters is 1. The van der Waals surface area contributed by atoms with E-state index in [0.717, 1.165) is 31.9 Å². The number of hydrogen-bond donors (Lipinski definition) is 0. The van der Waals surface area contributed by atoms with Gasteiger partial charge in [-0.25, -0.2) is 5.01 Å². The molecule has 9 nitrogen and oxygen atoms in total. The quantitative estimate of drug-likeness (QED) is 0.632. The molecule has 164 valence electrons. The Kier molecular flexibility index (Phi) is 7.62. The maximum Gasteiger partial charge on any atom is 0.307 e. The molecule has 2 amide bonds. The van der Waals surface area contributed by atoms with E-state index in [1.165, 1.54) is 14.0 Å². The van der Waals surface area contributed by atoms with Crippen LogP contribution >= 0.6 is 0 Å². The number of hydrazine groups is 1. The highest BCUT2D eigenvalue weighted by molar-refractivity contribution is 5.79. The molecule has 0 radical (unpaired) electrons. The van der Waals surface area contributed by atoms with E-state index in [-0.39, 0.29) is 30.1 Å². The molecule has 1 aromatic heterocycles. The molecule has 0 N–H and O–H groups in total. The SMILES string of the molecule is COC(=O)CCN(C(C)=O)N1CCC(C(=O)N2CCN(c3ccncc3)CC2)CC1. The fourth-order valence-corrected chi connectivity index (χ4v) is 4.15. The third kappa shape index (κ3) is 5.47. The van der Waals surface area contributed by atoms with Crippen LogP contribution in [-0.2, 0) is 19.1 Å². The topological polar surface area (TPSA) is 86.3 Å². The third-order valence-electron chi connectivity index (χ3n) is 5.90. The summed E-state index contributed by atoms with van der Waals surface area (Å²) in [6, 6.07) is 3.99. The van der Waals surface area contributed by atoms with Crippen LogP contribution in [0.1, 0.15) is 26.2 Å². The summed E-state index contributed by atoms with van der Waals surface area (Å²) in [6.45, 7) is 6.15. The van der Waals surface area contributed by atoms with Crippen LogP contribution in [0.3, 0.4) is 0 Å². The maximum atomic E-state index is 13.0. The number of hydrogen-bond acceptors (Lipinski definition) is 7. The standard InChI is InChI=1S/C21H31N5O4/c1-17(27)26(12-7-20(28)30-2)25-10-5-18(6-11-25)21(29)24-15-13-23(14-16-24)19-3-8-22-9-4-19/h3-4,8-9,18H,5-7,10-16H2,1-2H3. The first-order valence-corrected chi connectivity index (χ1v) is 10.5. The van der Waals surface area contributed by atoms with Crippen molar-refractivity contribution < 1.29 is 19.1 Å². The van der Waals surface area contributed by atoms with Crippen LogP contribution in [-0.4, -0.2) is 90.6 Å². The second-order valence-electron chi connectivity index (χ2n) is 7.71. The summed E-state index contributed by atoms with van der Waals surface area (Å²) in [5.74, 6) is -0.232. The third-order valence-corrected chi connectivity index (χ3v) is 5.90. The molecule has 2 saturated heterocycles. The molecule has 0 spiro atoms. The Morgan fingerprint density at radius 3 is 2.27 bits per heavy atom. The van der Waals surface area contributed by atoms with Crippen molar-refractivity contribution in [3.63, 3.8) is 0 Å². The summed E-state index contributed by atoms with van der Waals surface area (Å²) >= 11 is 0. The highest BCUT2D eigenvalue weighted by atomic mass is 16.5. The molecular formula is C21H31N5O4. The molecule has 0 atom stereocenters. The summed E-state index contributed by atoms with van der Waals surface area (Å²) in [5.41, 5.74) is 1.14. The number of pyridine rings is 1. The number of nitrogens with zero attached hydrogens (tertiary/aromatic N) is 5. The summed E-state index contributed by atoms with van der Waals surface area (Å²) in [7, 11) is 1.34. The number of amides is 2. The van der Waals surface area contributed by atoms with Crippen LogP contribution in [0.2, 0.25) is 0 Å². The summed E-state index contributed by atoms with van der Waals surface area (Å²) in [4.78, 5) is 44.7. The first-order valence-electron chi connectivity index (χ1n) is 10.5. The van der Waals surface area contributed by atoms with E-state index >= 15 is 0 Å². The Hall–Kier alpha value is -2.68. The van der Waals surface area contributed by atoms with Gasteiger partial charge in [0.05, 0.1) is 13.5 Å². The van der Waals surface area contributed by atoms with Gasteiger partial charge in [0.2, 0.25) is 11.8 Å². The number of rotatable bonds is 6. The number of methoxy groups -OCH3 is 1. The van der Waals surface area contributed by atoms with Crippen LogP contribution in [0, 0.1) is 5.92 Å². The number of carbonyl (C=O) groups excluding carboxylic acids is 3. The lowest BCUT2D eigenvalue weighted by molar-refractivity contribution is -0.154. The largest absolute Gasteiger partial charge is 0.469 e. The fourth-order valence-electron chi connectivity index (χ4n) is 4.15. The zero-order chi connectivity index (χ0) is 21.5. The molecule has 0 bridgehead atoms. The van der Waals surface area contributed by atoms with Gasteiger partial charge in [0.15, 0.2) is 0 Å². The van der Waals surface area contributed by atoms with Gasteiger partial charge in [-0.2, -0.15) is 0 Å². The van der Waals surface area contributed by atoms with E-state index in [9.17, 15) is 14.4 Å². The van der Waals surface area contributed by atoms with Gasteiger partial charge >= 0.3 is 5.97 Å². The summed E-state index contributed by atoms with van der Waals surface area (Å²) < 4.78 is 4.67. The molecule has 0 aromatic carbocycles. The van der Waals surface area contributed by atoms with E-state index in [1.54, 1.807) is 17.4 Å². The van der Waals surface area contributed by atoms with Crippen molar-refractivity contribution in [2.45, 2.75) is 26.2 Å². The van der Waals surface area contributed by atoms with Gasteiger partial charge in [-0.15, -0.1) is 0 Å². The Bertz CT molecular complexity index is 728. The Morgan fingerprint density at radius 2 is 1.70 bits per heavy atom. The number of aromatic nitrogens is 1. The predicted molar refractivity (Wildman–Crippen MR) is 111 cm³/mol. The Morgan fingerprint density at radius 1 is 1.07 bits per heavy atom. The minimum atomic E-state index is -0.336. The van der Waals surface area contributed by atoms with E-state index in [0.29, 0.717) is 32.5 Å². The molecule has 2 aliphatic heterocycles. The average molecular weight is 418 g/mol. The molecule has 30 heavy (non-hydrogen) atoms. The highest BCUT2D eigenvalue weighted by Gasteiger charge is 2.32. The first-order chi connectivity index (χ1) is 14.5. The van der Waals surface area contributed by atoms with Crippen molar-refractivity contribution >= 4 is 23.5 Å². The van der Waals surface area contributed by atoms with Gasteiger partial charge in [-0.05, 0) is 25.0 Å². The molecule has 0 aliphatic carbocycles. The van der Waals surface area contributed by atoms with Crippen LogP contribution in [0.15, 0.2) is 24.5 Å². The normalized spacial score (nSPS) is 18.2. The highest BCUT2D eigenvalue weighted by Crippen LogP contribution is 2.23. The Labute approximate surface area is 177 Å². The van der Waals surface area contributed by atoms with Crippen molar-refractivity contribution in [1.29, 1.82) is 0 Å². The van der Waals surface area contributed by atoms with Gasteiger partial charge in [0, 0.05) is 76.7 Å². The molecule has 9 heteroatoms. The van der Waals surface area contributed by atoms with Gasteiger partial charge in [-0.1, -0.05) is 0 Å². The van der Waals surface area contributed by atoms with Gasteiger partial charge in [0.1, 0.15) is 0 Å². The van der Waals surface area contributed by atoms with Gasteiger partial charge in [0.25, 0.3) is 0 Å². The maximum absolute atomic E-state index is 13.0. The van der Waals surface area contributed by atoms with Crippen molar-refractivity contribution in [2.24, 2.45) is 5.92 Å². The van der Waals surface area contributed by atoms with E-state index in [2.05, 4.69) is 14.6 Å². The van der Waals surface area contributed by atoms with Crippen LogP contribution in [0.4, 0.5) is 5.69 Å². The number of carbonyl (C=O) groups is 3. The van der Waals surface area contributed by atoms with Crippen molar-refractivity contribution in [2.75, 3.05) is 57.8 Å². The average Bonchev–Trinajstić information content (AvgIpc) is 2.79. The molecule has 2 fully saturated rings. The summed E-state index contributed by atoms with van der Waals surface area (Å²) in [5, 5.41) is 3.56. The first kappa shape index (κ1) is 22.0. The lowest BCUT2D eigenvalue weighted by atomic mass is 9.95. The van der Waals surface area contributed by atoms with Gasteiger partial charge in [-0.3, -0.25) is 24.4 Å².